The molecule has 1 aliphatic heterocycles. The third-order valence-corrected chi connectivity index (χ3v) is 5.14. The number of amides is 4. The normalized spacial score (nSPS) is 15.8. The van der Waals surface area contributed by atoms with E-state index in [1.807, 2.05) is 30.3 Å². The monoisotopic (exact) mass is 456 g/mol. The summed E-state index contributed by atoms with van der Waals surface area (Å²) >= 11 is 0. The quantitative estimate of drug-likeness (QED) is 0.617. The Bertz CT molecular complexity index is 969. The average Bonchev–Trinajstić information content (AvgIpc) is 3.42. The molecule has 1 aliphatic rings. The number of likely N-dealkylation sites (tertiary alicyclic amines) is 1. The van der Waals surface area contributed by atoms with Crippen molar-refractivity contribution < 1.29 is 19.1 Å². The van der Waals surface area contributed by atoms with E-state index in [4.69, 9.17) is 4.74 Å². The number of benzene rings is 1. The molecule has 0 saturated carbocycles. The van der Waals surface area contributed by atoms with Crippen molar-refractivity contribution >= 4 is 18.0 Å². The summed E-state index contributed by atoms with van der Waals surface area (Å²) in [5.41, 5.74) is 1.50. The molecule has 1 aromatic heterocycles. The zero-order valence-electron chi connectivity index (χ0n) is 19.6. The Morgan fingerprint density at radius 2 is 1.97 bits per heavy atom. The molecule has 10 nitrogen and oxygen atoms in total. The van der Waals surface area contributed by atoms with Gasteiger partial charge in [-0.15, -0.1) is 0 Å². The molecule has 10 heteroatoms. The summed E-state index contributed by atoms with van der Waals surface area (Å²) in [6.45, 7) is 6.94. The Morgan fingerprint density at radius 1 is 1.24 bits per heavy atom. The molecular weight excluding hydrogens is 424 g/mol. The molecule has 1 saturated heterocycles. The largest absolute Gasteiger partial charge is 0.444 e. The van der Waals surface area contributed by atoms with Crippen LogP contribution in [0.1, 0.15) is 37.7 Å². The number of H-pyrrole nitrogens is 1. The summed E-state index contributed by atoms with van der Waals surface area (Å²) in [5.74, 6) is -0.142. The number of nitrogens with zero attached hydrogens (tertiary/aromatic N) is 3. The highest BCUT2D eigenvalue weighted by atomic mass is 16.6. The van der Waals surface area contributed by atoms with Crippen molar-refractivity contribution in [2.75, 3.05) is 33.2 Å². The van der Waals surface area contributed by atoms with Crippen molar-refractivity contribution in [3.8, 4) is 11.3 Å². The first kappa shape index (κ1) is 24.1. The number of carbonyl (C=O) groups excluding carboxylic acids is 3. The Hall–Kier alpha value is -3.56. The molecule has 0 aliphatic carbocycles. The van der Waals surface area contributed by atoms with Gasteiger partial charge in [-0.05, 0) is 33.3 Å². The second kappa shape index (κ2) is 10.4. The van der Waals surface area contributed by atoms with Gasteiger partial charge in [-0.3, -0.25) is 9.89 Å². The van der Waals surface area contributed by atoms with Gasteiger partial charge < -0.3 is 25.2 Å². The van der Waals surface area contributed by atoms with Crippen LogP contribution < -0.4 is 10.6 Å². The van der Waals surface area contributed by atoms with E-state index in [1.165, 1.54) is 4.90 Å². The van der Waals surface area contributed by atoms with E-state index < -0.39 is 11.7 Å². The first-order chi connectivity index (χ1) is 15.6. The van der Waals surface area contributed by atoms with Crippen LogP contribution in [-0.2, 0) is 4.74 Å². The predicted octanol–water partition coefficient (Wildman–Crippen LogP) is 2.46. The van der Waals surface area contributed by atoms with E-state index in [-0.39, 0.29) is 24.5 Å². The van der Waals surface area contributed by atoms with E-state index >= 15 is 0 Å². The zero-order valence-corrected chi connectivity index (χ0v) is 19.6. The smallest absolute Gasteiger partial charge is 0.407 e. The number of carbonyl (C=O) groups is 3. The fourth-order valence-corrected chi connectivity index (χ4v) is 3.45. The molecule has 0 unspecified atom stereocenters. The van der Waals surface area contributed by atoms with Gasteiger partial charge in [-0.1, -0.05) is 30.3 Å². The van der Waals surface area contributed by atoms with Crippen LogP contribution in [0, 0.1) is 0 Å². The van der Waals surface area contributed by atoms with Crippen molar-refractivity contribution in [1.82, 2.24) is 30.6 Å². The van der Waals surface area contributed by atoms with Crippen LogP contribution in [0.15, 0.2) is 36.4 Å². The molecule has 3 rings (SSSR count). The second-order valence-corrected chi connectivity index (χ2v) is 9.07. The van der Waals surface area contributed by atoms with Crippen molar-refractivity contribution in [2.24, 2.45) is 0 Å². The van der Waals surface area contributed by atoms with Gasteiger partial charge in [-0.25, -0.2) is 9.59 Å². The minimum absolute atomic E-state index is 0.140. The fraction of sp³-hybridized carbons (Fsp3) is 0.478. The number of aromatic amines is 1. The summed E-state index contributed by atoms with van der Waals surface area (Å²) in [5, 5.41) is 12.6. The summed E-state index contributed by atoms with van der Waals surface area (Å²) in [4.78, 5) is 40.2. The van der Waals surface area contributed by atoms with Crippen LogP contribution in [0.3, 0.4) is 0 Å². The number of alkyl carbamates (subject to hydrolysis) is 1. The minimum Gasteiger partial charge on any atom is -0.444 e. The average molecular weight is 457 g/mol. The Kier molecular flexibility index (Phi) is 7.57. The maximum absolute atomic E-state index is 12.8. The van der Waals surface area contributed by atoms with Crippen LogP contribution >= 0.6 is 0 Å². The molecule has 3 N–H and O–H groups in total. The van der Waals surface area contributed by atoms with Crippen molar-refractivity contribution in [3.05, 3.63) is 42.1 Å². The van der Waals surface area contributed by atoms with Crippen molar-refractivity contribution in [3.63, 3.8) is 0 Å². The van der Waals surface area contributed by atoms with Gasteiger partial charge in [-0.2, -0.15) is 5.10 Å². The summed E-state index contributed by atoms with van der Waals surface area (Å²) < 4.78 is 5.17. The molecule has 4 amide bonds. The highest BCUT2D eigenvalue weighted by Crippen LogP contribution is 2.19. The van der Waals surface area contributed by atoms with Crippen LogP contribution in [0.5, 0.6) is 0 Å². The maximum atomic E-state index is 12.8. The lowest BCUT2D eigenvalue weighted by Gasteiger charge is -2.23. The molecule has 0 radical (unpaired) electrons. The number of hydrogen-bond acceptors (Lipinski definition) is 5. The lowest BCUT2D eigenvalue weighted by molar-refractivity contribution is 0.0524. The van der Waals surface area contributed by atoms with Gasteiger partial charge >= 0.3 is 12.1 Å². The van der Waals surface area contributed by atoms with Crippen molar-refractivity contribution in [2.45, 2.75) is 38.8 Å². The van der Waals surface area contributed by atoms with Crippen LogP contribution in [0.25, 0.3) is 11.3 Å². The molecule has 1 fully saturated rings. The third-order valence-electron chi connectivity index (χ3n) is 5.14. The standard InChI is InChI=1S/C23H32N6O4/c1-23(2,3)33-22(32)24-11-13-28(4)21(31)25-17-10-12-29(15-17)20(30)19-14-18(26-27-19)16-8-6-5-7-9-16/h5-9,14,17H,10-13,15H2,1-4H3,(H,24,32)(H,25,31)(H,26,27)/t17-/m1/s1. The maximum Gasteiger partial charge on any atom is 0.407 e. The van der Waals surface area contributed by atoms with E-state index in [2.05, 4.69) is 20.8 Å². The van der Waals surface area contributed by atoms with E-state index in [0.717, 1.165) is 5.56 Å². The number of hydrogen-bond donors (Lipinski definition) is 3. The molecule has 1 atom stereocenters. The minimum atomic E-state index is -0.571. The number of ether oxygens (including phenoxy) is 1. The first-order valence-corrected chi connectivity index (χ1v) is 11.0. The zero-order chi connectivity index (χ0) is 24.0. The van der Waals surface area contributed by atoms with Gasteiger partial charge in [0.15, 0.2) is 0 Å². The number of aromatic nitrogens is 2. The van der Waals surface area contributed by atoms with Gasteiger partial charge in [0.25, 0.3) is 5.91 Å². The number of urea groups is 1. The molecule has 0 spiro atoms. The summed E-state index contributed by atoms with van der Waals surface area (Å²) in [6.07, 6.45) is 0.150. The van der Waals surface area contributed by atoms with Crippen LogP contribution in [0.2, 0.25) is 0 Å². The van der Waals surface area contributed by atoms with Crippen LogP contribution in [0.4, 0.5) is 9.59 Å². The summed E-state index contributed by atoms with van der Waals surface area (Å²) in [6, 6.07) is 11.0. The number of rotatable bonds is 6. The van der Waals surface area contributed by atoms with Gasteiger partial charge in [0.2, 0.25) is 0 Å². The van der Waals surface area contributed by atoms with Gasteiger partial charge in [0.05, 0.1) is 5.69 Å². The fourth-order valence-electron chi connectivity index (χ4n) is 3.45. The Labute approximate surface area is 193 Å². The van der Waals surface area contributed by atoms with E-state index in [0.29, 0.717) is 37.4 Å². The second-order valence-electron chi connectivity index (χ2n) is 9.07. The molecule has 2 heterocycles. The predicted molar refractivity (Wildman–Crippen MR) is 124 cm³/mol. The first-order valence-electron chi connectivity index (χ1n) is 11.0. The van der Waals surface area contributed by atoms with Crippen LogP contribution in [-0.4, -0.2) is 82.9 Å². The van der Waals surface area contributed by atoms with Gasteiger partial charge in [0.1, 0.15) is 11.3 Å². The molecule has 0 bridgehead atoms. The van der Waals surface area contributed by atoms with E-state index in [9.17, 15) is 14.4 Å². The molecule has 1 aromatic carbocycles. The number of likely N-dealkylation sites (N-methyl/N-ethyl adjacent to an activating group) is 1. The molecule has 2 aromatic rings. The Balaban J connectivity index is 1.43. The highest BCUT2D eigenvalue weighted by molar-refractivity contribution is 5.93. The van der Waals surface area contributed by atoms with Crippen molar-refractivity contribution in [1.29, 1.82) is 0 Å². The lowest BCUT2D eigenvalue weighted by Crippen LogP contribution is -2.47. The SMILES string of the molecule is CN(CCNC(=O)OC(C)(C)C)C(=O)N[C@@H]1CCN(C(=O)c2cc(-c3ccccc3)n[nH]2)C1. The number of nitrogens with one attached hydrogen (secondary N) is 3. The topological polar surface area (TPSA) is 120 Å². The molecule has 178 valence electrons. The molecular formula is C23H32N6O4. The van der Waals surface area contributed by atoms with E-state index in [1.54, 1.807) is 38.8 Å². The molecule has 33 heavy (non-hydrogen) atoms. The highest BCUT2D eigenvalue weighted by Gasteiger charge is 2.29. The summed E-state index contributed by atoms with van der Waals surface area (Å²) in [7, 11) is 1.65. The third kappa shape index (κ3) is 6.96. The Morgan fingerprint density at radius 3 is 2.67 bits per heavy atom. The lowest BCUT2D eigenvalue weighted by atomic mass is 10.1. The van der Waals surface area contributed by atoms with Gasteiger partial charge in [0, 0.05) is 44.8 Å².